The number of primary amides is 1. The van der Waals surface area contributed by atoms with Gasteiger partial charge in [0.2, 0.25) is 29.6 Å². The minimum absolute atomic E-state index is 0.107. The minimum Gasteiger partial charge on any atom is -0.368 e. The first kappa shape index (κ1) is 41.4. The second-order valence-electron chi connectivity index (χ2n) is 13.3. The number of carbonyl (C=O) groups is 6. The molecule has 15 nitrogen and oxygen atoms in total. The van der Waals surface area contributed by atoms with Gasteiger partial charge in [-0.1, -0.05) is 31.5 Å². The summed E-state index contributed by atoms with van der Waals surface area (Å²) in [7, 11) is 0. The number of nitrogens with one attached hydrogen (secondary N) is 6. The number of unbranched alkanes of at least 4 members (excludes halogenated alkanes) is 2. The third-order valence-corrected chi connectivity index (χ3v) is 8.89. The fraction of sp³-hybridized carbons (Fsp3) is 0.350. The van der Waals surface area contributed by atoms with Crippen LogP contribution in [0.5, 0.6) is 0 Å². The third-order valence-electron chi connectivity index (χ3n) is 8.89. The first-order valence-corrected chi connectivity index (χ1v) is 18.4. The monoisotopic (exact) mass is 751 g/mol. The van der Waals surface area contributed by atoms with Gasteiger partial charge < -0.3 is 42.1 Å². The molecule has 4 rings (SSSR count). The Hall–Kier alpha value is -6.38. The van der Waals surface area contributed by atoms with Gasteiger partial charge in [0.05, 0.1) is 11.0 Å². The van der Waals surface area contributed by atoms with Crippen molar-refractivity contribution >= 4 is 64.6 Å². The van der Waals surface area contributed by atoms with Crippen molar-refractivity contribution in [3.05, 3.63) is 90.3 Å². The molecule has 55 heavy (non-hydrogen) atoms. The van der Waals surface area contributed by atoms with Crippen LogP contribution in [0.2, 0.25) is 0 Å². The molecule has 0 spiro atoms. The molecule has 0 saturated heterocycles. The molecule has 1 unspecified atom stereocenters. The van der Waals surface area contributed by atoms with Gasteiger partial charge in [0.15, 0.2) is 0 Å². The molecule has 0 radical (unpaired) electrons. The number of hydrogen-bond acceptors (Lipinski definition) is 9. The van der Waals surface area contributed by atoms with Crippen molar-refractivity contribution in [1.29, 1.82) is 0 Å². The second-order valence-corrected chi connectivity index (χ2v) is 13.3. The smallest absolute Gasteiger partial charge is 0.251 e. The Labute approximate surface area is 319 Å². The number of anilines is 2. The molecule has 2 heterocycles. The lowest BCUT2D eigenvalue weighted by Crippen LogP contribution is -2.61. The molecule has 4 aromatic rings. The van der Waals surface area contributed by atoms with Crippen molar-refractivity contribution < 1.29 is 28.8 Å². The van der Waals surface area contributed by atoms with Gasteiger partial charge in [0.1, 0.15) is 23.9 Å². The molecule has 3 atom stereocenters. The van der Waals surface area contributed by atoms with E-state index < -0.39 is 41.3 Å². The molecule has 0 fully saturated rings. The number of amides is 5. The number of aromatic nitrogens is 3. The molecule has 290 valence electrons. The van der Waals surface area contributed by atoms with E-state index in [-0.39, 0.29) is 37.2 Å². The molecule has 8 N–H and O–H groups in total. The number of carbonyl (C=O) groups excluding carboxylic acids is 6. The normalized spacial score (nSPS) is 13.3. The van der Waals surface area contributed by atoms with Crippen LogP contribution < -0.4 is 32.3 Å². The number of hydrogen-bond donors (Lipinski definition) is 7. The average molecular weight is 752 g/mol. The van der Waals surface area contributed by atoms with Gasteiger partial charge in [-0.3, -0.25) is 29.0 Å². The molecule has 0 aliphatic rings. The molecular weight excluding hydrogens is 702 g/mol. The maximum Gasteiger partial charge on any atom is 0.251 e. The molecule has 0 aliphatic carbocycles. The van der Waals surface area contributed by atoms with Crippen LogP contribution in [0, 0.1) is 0 Å². The van der Waals surface area contributed by atoms with Crippen LogP contribution in [-0.2, 0) is 24.0 Å². The number of pyridine rings is 1. The van der Waals surface area contributed by atoms with Gasteiger partial charge in [-0.15, -0.1) is 0 Å². The summed E-state index contributed by atoms with van der Waals surface area (Å²) in [5.41, 5.74) is 7.69. The fourth-order valence-electron chi connectivity index (χ4n) is 5.81. The predicted octanol–water partition coefficient (Wildman–Crippen LogP) is 3.81. The first-order valence-electron chi connectivity index (χ1n) is 18.4. The van der Waals surface area contributed by atoms with Gasteiger partial charge in [-0.2, -0.15) is 0 Å². The second kappa shape index (κ2) is 20.8. The third kappa shape index (κ3) is 12.9. The van der Waals surface area contributed by atoms with Gasteiger partial charge in [0.25, 0.3) is 5.91 Å². The predicted molar refractivity (Wildman–Crippen MR) is 210 cm³/mol. The highest BCUT2D eigenvalue weighted by Crippen LogP contribution is 2.19. The van der Waals surface area contributed by atoms with E-state index in [0.717, 1.165) is 22.9 Å². The largest absolute Gasteiger partial charge is 0.368 e. The minimum atomic E-state index is -1.35. The Morgan fingerprint density at radius 3 is 2.35 bits per heavy atom. The summed E-state index contributed by atoms with van der Waals surface area (Å²) in [5.74, 6) is -2.25. The summed E-state index contributed by atoms with van der Waals surface area (Å²) in [6.45, 7) is 3.69. The van der Waals surface area contributed by atoms with Crippen molar-refractivity contribution in [3.8, 4) is 0 Å². The number of H-pyrrole nitrogens is 1. The van der Waals surface area contributed by atoms with Crippen LogP contribution in [-0.4, -0.2) is 74.9 Å². The Kier molecular flexibility index (Phi) is 15.6. The zero-order valence-corrected chi connectivity index (χ0v) is 31.1. The van der Waals surface area contributed by atoms with E-state index in [9.17, 15) is 28.8 Å². The Bertz CT molecular complexity index is 1910. The number of rotatable bonds is 22. The van der Waals surface area contributed by atoms with E-state index in [1.807, 2.05) is 37.3 Å². The molecule has 0 saturated carbocycles. The zero-order valence-electron chi connectivity index (χ0n) is 31.1. The van der Waals surface area contributed by atoms with Crippen molar-refractivity contribution in [3.63, 3.8) is 0 Å². The molecule has 2 aromatic carbocycles. The molecule has 0 bridgehead atoms. The zero-order chi connectivity index (χ0) is 39.6. The number of para-hydroxylation sites is 2. The van der Waals surface area contributed by atoms with Crippen LogP contribution in [0.3, 0.4) is 0 Å². The van der Waals surface area contributed by atoms with Gasteiger partial charge in [-0.05, 0) is 99.6 Å². The van der Waals surface area contributed by atoms with Crippen molar-refractivity contribution in [1.82, 2.24) is 36.2 Å². The van der Waals surface area contributed by atoms with E-state index in [1.54, 1.807) is 48.8 Å². The standard InChI is InChI=1S/C40H49N9O6/c1-3-22-40(2,38(41)55)49-37(54)33(15-7-9-25-50)46-36(53)32(14-6-8-24-43-34(51)21-16-27-11-10-23-42-26-27)45-35(52)28-17-19-29(20-18-28)44-39-47-30-12-4-5-13-31(30)48-39/h4-5,10-13,16-21,23,25-26,32-33H,3,6-9,14-15,22,24H2,1-2H3,(H2,41,55)(H,43,51)(H,45,52)(H,46,53)(H,49,54)(H2,44,47,48)/b21-16+/t32-,33-,40?/m1/s1. The quantitative estimate of drug-likeness (QED) is 0.0351. The Balaban J connectivity index is 1.43. The van der Waals surface area contributed by atoms with Gasteiger partial charge in [-0.25, -0.2) is 4.98 Å². The number of aldehydes is 1. The van der Waals surface area contributed by atoms with Crippen LogP contribution in [0.4, 0.5) is 11.6 Å². The van der Waals surface area contributed by atoms with E-state index in [4.69, 9.17) is 5.73 Å². The summed E-state index contributed by atoms with van der Waals surface area (Å²) < 4.78 is 0. The van der Waals surface area contributed by atoms with Gasteiger partial charge >= 0.3 is 0 Å². The lowest BCUT2D eigenvalue weighted by Gasteiger charge is -2.30. The Morgan fingerprint density at radius 2 is 1.65 bits per heavy atom. The van der Waals surface area contributed by atoms with Gasteiger partial charge in [0, 0.05) is 42.7 Å². The molecule has 5 amide bonds. The number of aromatic amines is 1. The fourth-order valence-corrected chi connectivity index (χ4v) is 5.81. The molecule has 15 heteroatoms. The summed E-state index contributed by atoms with van der Waals surface area (Å²) in [6, 6.07) is 15.6. The number of benzene rings is 2. The van der Waals surface area contributed by atoms with Crippen LogP contribution >= 0.6 is 0 Å². The highest BCUT2D eigenvalue weighted by Gasteiger charge is 2.35. The van der Waals surface area contributed by atoms with Crippen molar-refractivity contribution in [2.45, 2.75) is 82.8 Å². The number of imidazole rings is 1. The summed E-state index contributed by atoms with van der Waals surface area (Å²) in [5, 5.41) is 14.2. The van der Waals surface area contributed by atoms with Crippen LogP contribution in [0.15, 0.2) is 79.1 Å². The Morgan fingerprint density at radius 1 is 0.909 bits per heavy atom. The topological polar surface area (TPSA) is 230 Å². The number of fused-ring (bicyclic) bond motifs is 1. The SMILES string of the molecule is CCCC(C)(NC(=O)[C@@H](CCCC=O)NC(=O)[C@@H](CCCCNC(=O)/C=C/c1cccnc1)NC(=O)c1ccc(Nc2nc3ccccc3[nH]2)cc1)C(N)=O. The van der Waals surface area contributed by atoms with E-state index in [0.29, 0.717) is 43.9 Å². The molecule has 0 aliphatic heterocycles. The first-order chi connectivity index (χ1) is 26.5. The highest BCUT2D eigenvalue weighted by atomic mass is 16.2. The van der Waals surface area contributed by atoms with Crippen LogP contribution in [0.1, 0.15) is 81.1 Å². The van der Waals surface area contributed by atoms with Crippen molar-refractivity contribution in [2.24, 2.45) is 5.73 Å². The van der Waals surface area contributed by atoms with Crippen LogP contribution in [0.25, 0.3) is 17.1 Å². The van der Waals surface area contributed by atoms with E-state index >= 15 is 0 Å². The van der Waals surface area contributed by atoms with E-state index in [1.165, 1.54) is 13.0 Å². The maximum absolute atomic E-state index is 13.8. The maximum atomic E-state index is 13.8. The lowest BCUT2D eigenvalue weighted by molar-refractivity contribution is -0.134. The summed E-state index contributed by atoms with van der Waals surface area (Å²) >= 11 is 0. The molecule has 2 aromatic heterocycles. The number of nitrogens with two attached hydrogens (primary N) is 1. The average Bonchev–Trinajstić information content (AvgIpc) is 3.59. The highest BCUT2D eigenvalue weighted by molar-refractivity contribution is 5.99. The van der Waals surface area contributed by atoms with Crippen molar-refractivity contribution in [2.75, 3.05) is 11.9 Å². The number of nitrogens with zero attached hydrogens (tertiary/aromatic N) is 2. The lowest BCUT2D eigenvalue weighted by atomic mass is 9.94. The van der Waals surface area contributed by atoms with E-state index in [2.05, 4.69) is 41.5 Å². The summed E-state index contributed by atoms with van der Waals surface area (Å²) in [6.07, 6.45) is 9.56. The summed E-state index contributed by atoms with van der Waals surface area (Å²) in [4.78, 5) is 88.2. The molecular formula is C40H49N9O6.